The van der Waals surface area contributed by atoms with Crippen LogP contribution in [0.5, 0.6) is 0 Å². The topological polar surface area (TPSA) is 59.8 Å². The van der Waals surface area contributed by atoms with Crippen LogP contribution in [0.2, 0.25) is 0 Å². The highest BCUT2D eigenvalue weighted by Crippen LogP contribution is 2.21. The number of hydrogen-bond acceptors (Lipinski definition) is 4. The Hall–Kier alpha value is -2.15. The maximum absolute atomic E-state index is 12.8. The van der Waals surface area contributed by atoms with E-state index in [1.54, 1.807) is 31.5 Å². The average Bonchev–Trinajstić information content (AvgIpc) is 2.94. The number of nitrogens with one attached hydrogen (secondary N) is 1. The number of carbonyl (C=O) groups is 1. The van der Waals surface area contributed by atoms with Gasteiger partial charge in [-0.3, -0.25) is 4.79 Å². The molecule has 2 rings (SSSR count). The second-order valence-corrected chi connectivity index (χ2v) is 5.97. The van der Waals surface area contributed by atoms with Crippen LogP contribution in [0.1, 0.15) is 12.5 Å². The molecular weight excluding hydrogens is 303 g/mol. The lowest BCUT2D eigenvalue weighted by Crippen LogP contribution is -2.30. The lowest BCUT2D eigenvalue weighted by molar-refractivity contribution is -0.120. The monoisotopic (exact) mass is 320 g/mol. The number of allylic oxidation sites excluding steroid dienone is 1. The minimum atomic E-state index is -0.312. The van der Waals surface area contributed by atoms with Crippen LogP contribution in [-0.4, -0.2) is 25.9 Å². The molecule has 0 saturated heterocycles. The van der Waals surface area contributed by atoms with E-state index < -0.39 is 0 Å². The van der Waals surface area contributed by atoms with E-state index in [4.69, 9.17) is 0 Å². The first-order valence-electron chi connectivity index (χ1n) is 6.77. The first-order chi connectivity index (χ1) is 10.6. The molecule has 0 radical (unpaired) electrons. The van der Waals surface area contributed by atoms with E-state index in [0.717, 1.165) is 5.56 Å². The second kappa shape index (κ2) is 7.74. The summed E-state index contributed by atoms with van der Waals surface area (Å²) in [5.41, 5.74) is 0.849. The summed E-state index contributed by atoms with van der Waals surface area (Å²) in [6.07, 6.45) is 3.35. The zero-order valence-electron chi connectivity index (χ0n) is 12.2. The van der Waals surface area contributed by atoms with E-state index in [0.29, 0.717) is 18.2 Å². The number of amides is 1. The Labute approximate surface area is 132 Å². The summed E-state index contributed by atoms with van der Waals surface area (Å²) in [6, 6.07) is 6.04. The Bertz CT molecular complexity index is 641. The van der Waals surface area contributed by atoms with Crippen molar-refractivity contribution in [3.8, 4) is 0 Å². The van der Waals surface area contributed by atoms with Crippen molar-refractivity contribution in [3.63, 3.8) is 0 Å². The maximum atomic E-state index is 12.8. The standard InChI is InChI=1S/C15H17FN4OS/c1-3-8-20-10-18-19-15(20)22-11(2)14(21)17-9-12-4-6-13(16)7-5-12/h3-7,10-11H,1,8-9H2,2H3,(H,17,21)/t11-/m1/s1. The van der Waals surface area contributed by atoms with Gasteiger partial charge in [0.2, 0.25) is 5.91 Å². The predicted molar refractivity (Wildman–Crippen MR) is 83.8 cm³/mol. The number of carbonyl (C=O) groups excluding carboxylic acids is 1. The molecule has 0 saturated carbocycles. The minimum absolute atomic E-state index is 0.109. The normalized spacial score (nSPS) is 11.9. The Morgan fingerprint density at radius 3 is 2.91 bits per heavy atom. The van der Waals surface area contributed by atoms with Crippen LogP contribution in [-0.2, 0) is 17.9 Å². The molecule has 0 aliphatic carbocycles. The fraction of sp³-hybridized carbons (Fsp3) is 0.267. The molecule has 0 fully saturated rings. The summed E-state index contributed by atoms with van der Waals surface area (Å²) in [5.74, 6) is -0.400. The molecule has 0 unspecified atom stereocenters. The van der Waals surface area contributed by atoms with E-state index in [9.17, 15) is 9.18 Å². The van der Waals surface area contributed by atoms with Crippen molar-refractivity contribution in [3.05, 3.63) is 54.6 Å². The zero-order valence-corrected chi connectivity index (χ0v) is 13.0. The van der Waals surface area contributed by atoms with Gasteiger partial charge < -0.3 is 9.88 Å². The third-order valence-electron chi connectivity index (χ3n) is 2.94. The maximum Gasteiger partial charge on any atom is 0.233 e. The van der Waals surface area contributed by atoms with Gasteiger partial charge >= 0.3 is 0 Å². The average molecular weight is 320 g/mol. The molecule has 22 heavy (non-hydrogen) atoms. The van der Waals surface area contributed by atoms with Crippen LogP contribution in [0.3, 0.4) is 0 Å². The van der Waals surface area contributed by atoms with Crippen LogP contribution in [0.25, 0.3) is 0 Å². The highest BCUT2D eigenvalue weighted by molar-refractivity contribution is 8.00. The summed E-state index contributed by atoms with van der Waals surface area (Å²) in [5, 5.41) is 11.0. The molecule has 0 spiro atoms. The van der Waals surface area contributed by atoms with Crippen LogP contribution in [0, 0.1) is 5.82 Å². The van der Waals surface area contributed by atoms with Crippen molar-refractivity contribution in [2.24, 2.45) is 0 Å². The number of halogens is 1. The number of rotatable bonds is 7. The van der Waals surface area contributed by atoms with E-state index in [1.165, 1.54) is 23.9 Å². The molecule has 1 aromatic heterocycles. The first-order valence-corrected chi connectivity index (χ1v) is 7.65. The molecule has 1 N–H and O–H groups in total. The molecule has 5 nitrogen and oxygen atoms in total. The van der Waals surface area contributed by atoms with Gasteiger partial charge in [0.15, 0.2) is 5.16 Å². The van der Waals surface area contributed by atoms with Crippen molar-refractivity contribution in [1.29, 1.82) is 0 Å². The molecule has 116 valence electrons. The van der Waals surface area contributed by atoms with Gasteiger partial charge in [0.05, 0.1) is 5.25 Å². The fourth-order valence-electron chi connectivity index (χ4n) is 1.75. The van der Waals surface area contributed by atoms with Gasteiger partial charge in [-0.15, -0.1) is 16.8 Å². The van der Waals surface area contributed by atoms with Crippen LogP contribution in [0.4, 0.5) is 4.39 Å². The summed E-state index contributed by atoms with van der Waals surface area (Å²) in [7, 11) is 0. The van der Waals surface area contributed by atoms with Crippen molar-refractivity contribution in [2.75, 3.05) is 0 Å². The second-order valence-electron chi connectivity index (χ2n) is 4.66. The number of benzene rings is 1. The molecule has 1 heterocycles. The molecular formula is C15H17FN4OS. The van der Waals surface area contributed by atoms with Crippen LogP contribution >= 0.6 is 11.8 Å². The molecule has 1 aromatic carbocycles. The van der Waals surface area contributed by atoms with E-state index in [-0.39, 0.29) is 17.0 Å². The van der Waals surface area contributed by atoms with Gasteiger partial charge in [-0.2, -0.15) is 0 Å². The predicted octanol–water partition coefficient (Wildman–Crippen LogP) is 2.40. The summed E-state index contributed by atoms with van der Waals surface area (Å²) < 4.78 is 14.6. The number of nitrogens with zero attached hydrogens (tertiary/aromatic N) is 3. The Kier molecular flexibility index (Phi) is 5.71. The van der Waals surface area contributed by atoms with Crippen LogP contribution in [0.15, 0.2) is 48.4 Å². The van der Waals surface area contributed by atoms with E-state index in [2.05, 4.69) is 22.1 Å². The quantitative estimate of drug-likeness (QED) is 0.629. The summed E-state index contributed by atoms with van der Waals surface area (Å²) >= 11 is 1.33. The van der Waals surface area contributed by atoms with Crippen LogP contribution < -0.4 is 5.32 Å². The van der Waals surface area contributed by atoms with Gasteiger partial charge in [0.1, 0.15) is 12.1 Å². The SMILES string of the molecule is C=CCn1cnnc1S[C@H](C)C(=O)NCc1ccc(F)cc1. The third-order valence-corrected chi connectivity index (χ3v) is 4.03. The molecule has 7 heteroatoms. The zero-order chi connectivity index (χ0) is 15.9. The highest BCUT2D eigenvalue weighted by atomic mass is 32.2. The molecule has 0 aliphatic heterocycles. The summed E-state index contributed by atoms with van der Waals surface area (Å²) in [4.78, 5) is 12.1. The lowest BCUT2D eigenvalue weighted by atomic mass is 10.2. The lowest BCUT2D eigenvalue weighted by Gasteiger charge is -2.12. The number of aromatic nitrogens is 3. The largest absolute Gasteiger partial charge is 0.351 e. The first kappa shape index (κ1) is 16.2. The Balaban J connectivity index is 1.87. The molecule has 1 amide bonds. The van der Waals surface area contributed by atoms with Gasteiger partial charge in [-0.1, -0.05) is 30.0 Å². The highest BCUT2D eigenvalue weighted by Gasteiger charge is 2.17. The smallest absolute Gasteiger partial charge is 0.233 e. The number of thioether (sulfide) groups is 1. The van der Waals surface area contributed by atoms with E-state index >= 15 is 0 Å². The molecule has 0 aliphatic rings. The minimum Gasteiger partial charge on any atom is -0.351 e. The van der Waals surface area contributed by atoms with Gasteiger partial charge in [0, 0.05) is 13.1 Å². The van der Waals surface area contributed by atoms with E-state index in [1.807, 2.05) is 4.57 Å². The Morgan fingerprint density at radius 2 is 2.23 bits per heavy atom. The van der Waals surface area contributed by atoms with Crippen molar-refractivity contribution >= 4 is 17.7 Å². The van der Waals surface area contributed by atoms with Gasteiger partial charge in [-0.05, 0) is 24.6 Å². The molecule has 1 atom stereocenters. The summed E-state index contributed by atoms with van der Waals surface area (Å²) in [6.45, 7) is 6.43. The van der Waals surface area contributed by atoms with Gasteiger partial charge in [0.25, 0.3) is 0 Å². The fourth-order valence-corrected chi connectivity index (χ4v) is 2.60. The van der Waals surface area contributed by atoms with Crippen molar-refractivity contribution in [2.45, 2.75) is 30.4 Å². The van der Waals surface area contributed by atoms with Crippen molar-refractivity contribution < 1.29 is 9.18 Å². The Morgan fingerprint density at radius 1 is 1.50 bits per heavy atom. The van der Waals surface area contributed by atoms with Crippen molar-refractivity contribution in [1.82, 2.24) is 20.1 Å². The molecule has 0 bridgehead atoms. The third kappa shape index (κ3) is 4.42. The number of hydrogen-bond donors (Lipinski definition) is 1. The molecule has 2 aromatic rings. The van der Waals surface area contributed by atoms with Gasteiger partial charge in [-0.25, -0.2) is 4.39 Å².